The summed E-state index contributed by atoms with van der Waals surface area (Å²) in [4.78, 5) is 28.2. The van der Waals surface area contributed by atoms with Gasteiger partial charge in [-0.1, -0.05) is 23.7 Å². The third-order valence-corrected chi connectivity index (χ3v) is 7.02. The van der Waals surface area contributed by atoms with Crippen LogP contribution >= 0.6 is 11.6 Å². The number of aromatic nitrogens is 4. The van der Waals surface area contributed by atoms with E-state index in [1.807, 2.05) is 0 Å². The van der Waals surface area contributed by atoms with Gasteiger partial charge in [0.15, 0.2) is 5.82 Å². The molecule has 13 heteroatoms. The molecule has 0 radical (unpaired) electrons. The summed E-state index contributed by atoms with van der Waals surface area (Å²) in [7, 11) is -3.57. The standard InChI is InChI=1S/C21H16ClN5O6S/c1-26(20(30)12-6-8-23-9-7-12)34(32,33)18-10-13(16(28)11-17(18)29)19-24-25-21(31)27(19)15-5-3-2-4-14(15)22/h2-11,28-29H,1H3,(H,25,31). The maximum absolute atomic E-state index is 13.2. The van der Waals surface area contributed by atoms with Crippen molar-refractivity contribution < 1.29 is 23.4 Å². The van der Waals surface area contributed by atoms with Gasteiger partial charge in [-0.05, 0) is 30.3 Å². The number of carbonyl (C=O) groups excluding carboxylic acids is 1. The van der Waals surface area contributed by atoms with Crippen LogP contribution in [0, 0.1) is 0 Å². The molecule has 0 saturated carbocycles. The van der Waals surface area contributed by atoms with Crippen LogP contribution in [-0.4, -0.2) is 55.6 Å². The fraction of sp³-hybridized carbons (Fsp3) is 0.0476. The van der Waals surface area contributed by atoms with Crippen LogP contribution < -0.4 is 5.69 Å². The Kier molecular flexibility index (Phi) is 5.85. The fourth-order valence-corrected chi connectivity index (χ4v) is 4.64. The highest BCUT2D eigenvalue weighted by atomic mass is 35.5. The zero-order valence-corrected chi connectivity index (χ0v) is 18.9. The Hall–Kier alpha value is -4.16. The van der Waals surface area contributed by atoms with Gasteiger partial charge >= 0.3 is 5.69 Å². The zero-order chi connectivity index (χ0) is 24.6. The normalized spacial score (nSPS) is 11.4. The molecule has 174 valence electrons. The second-order valence-electron chi connectivity index (χ2n) is 6.99. The third kappa shape index (κ3) is 3.89. The second kappa shape index (κ2) is 8.65. The number of pyridine rings is 1. The molecule has 0 atom stereocenters. The van der Waals surface area contributed by atoms with Gasteiger partial charge in [-0.3, -0.25) is 9.78 Å². The number of phenolic OH excluding ortho intramolecular Hbond substituents is 2. The number of halogens is 1. The first-order valence-corrected chi connectivity index (χ1v) is 11.4. The first kappa shape index (κ1) is 23.0. The molecule has 2 aromatic heterocycles. The number of para-hydroxylation sites is 1. The second-order valence-corrected chi connectivity index (χ2v) is 9.33. The maximum Gasteiger partial charge on any atom is 0.348 e. The Labute approximate surface area is 197 Å². The van der Waals surface area contributed by atoms with Crippen molar-refractivity contribution in [3.63, 3.8) is 0 Å². The highest BCUT2D eigenvalue weighted by Crippen LogP contribution is 2.38. The third-order valence-electron chi connectivity index (χ3n) is 4.94. The van der Waals surface area contributed by atoms with Crippen LogP contribution in [-0.2, 0) is 10.0 Å². The molecule has 0 spiro atoms. The van der Waals surface area contributed by atoms with E-state index in [2.05, 4.69) is 15.2 Å². The van der Waals surface area contributed by atoms with E-state index in [0.29, 0.717) is 4.31 Å². The number of rotatable bonds is 5. The molecule has 0 aliphatic heterocycles. The molecule has 1 amide bonds. The lowest BCUT2D eigenvalue weighted by atomic mass is 10.1. The molecule has 0 aliphatic carbocycles. The number of amides is 1. The van der Waals surface area contributed by atoms with Gasteiger partial charge in [0.05, 0.1) is 16.3 Å². The number of aromatic amines is 1. The summed E-state index contributed by atoms with van der Waals surface area (Å²) >= 11 is 6.20. The van der Waals surface area contributed by atoms with Gasteiger partial charge in [0.2, 0.25) is 0 Å². The van der Waals surface area contributed by atoms with E-state index >= 15 is 0 Å². The highest BCUT2D eigenvalue weighted by molar-refractivity contribution is 7.89. The molecule has 2 aromatic carbocycles. The van der Waals surface area contributed by atoms with Crippen molar-refractivity contribution in [1.29, 1.82) is 0 Å². The Bertz CT molecular complexity index is 1570. The van der Waals surface area contributed by atoms with Crippen molar-refractivity contribution in [1.82, 2.24) is 24.1 Å². The molecule has 3 N–H and O–H groups in total. The summed E-state index contributed by atoms with van der Waals surface area (Å²) in [6.45, 7) is 0. The van der Waals surface area contributed by atoms with E-state index in [-0.39, 0.29) is 27.7 Å². The highest BCUT2D eigenvalue weighted by Gasteiger charge is 2.31. The number of nitrogens with zero attached hydrogens (tertiary/aromatic N) is 4. The van der Waals surface area contributed by atoms with Crippen molar-refractivity contribution in [3.8, 4) is 28.6 Å². The predicted octanol–water partition coefficient (Wildman–Crippen LogP) is 2.15. The fourth-order valence-electron chi connectivity index (χ4n) is 3.21. The number of H-pyrrole nitrogens is 1. The minimum Gasteiger partial charge on any atom is -0.507 e. The Morgan fingerprint density at radius 2 is 1.76 bits per heavy atom. The lowest BCUT2D eigenvalue weighted by Gasteiger charge is -2.19. The Morgan fingerprint density at radius 3 is 2.44 bits per heavy atom. The van der Waals surface area contributed by atoms with Crippen molar-refractivity contribution in [2.45, 2.75) is 4.90 Å². The van der Waals surface area contributed by atoms with Crippen LogP contribution in [0.3, 0.4) is 0 Å². The van der Waals surface area contributed by atoms with Gasteiger partial charge in [-0.2, -0.15) is 5.10 Å². The predicted molar refractivity (Wildman–Crippen MR) is 121 cm³/mol. The first-order valence-electron chi connectivity index (χ1n) is 9.55. The SMILES string of the molecule is CN(C(=O)c1ccncc1)S(=O)(=O)c1cc(-c2n[nH]c(=O)n2-c2ccccc2Cl)c(O)cc1O. The van der Waals surface area contributed by atoms with Crippen LogP contribution in [0.25, 0.3) is 17.1 Å². The summed E-state index contributed by atoms with van der Waals surface area (Å²) < 4.78 is 27.9. The van der Waals surface area contributed by atoms with Gasteiger partial charge in [0.25, 0.3) is 15.9 Å². The maximum atomic E-state index is 13.2. The molecular weight excluding hydrogens is 486 g/mol. The monoisotopic (exact) mass is 501 g/mol. The molecule has 0 fully saturated rings. The smallest absolute Gasteiger partial charge is 0.348 e. The van der Waals surface area contributed by atoms with Crippen LogP contribution in [0.4, 0.5) is 0 Å². The van der Waals surface area contributed by atoms with E-state index in [9.17, 15) is 28.2 Å². The average Bonchev–Trinajstić information content (AvgIpc) is 3.19. The quantitative estimate of drug-likeness (QED) is 0.375. The van der Waals surface area contributed by atoms with Crippen LogP contribution in [0.1, 0.15) is 10.4 Å². The average molecular weight is 502 g/mol. The number of sulfonamides is 1. The van der Waals surface area contributed by atoms with E-state index < -0.39 is 38.0 Å². The molecule has 11 nitrogen and oxygen atoms in total. The molecule has 0 aliphatic rings. The van der Waals surface area contributed by atoms with E-state index in [0.717, 1.165) is 23.7 Å². The van der Waals surface area contributed by atoms with Crippen LogP contribution in [0.5, 0.6) is 11.5 Å². The molecule has 0 bridgehead atoms. The summed E-state index contributed by atoms with van der Waals surface area (Å²) in [5.74, 6) is -2.41. The van der Waals surface area contributed by atoms with Crippen molar-refractivity contribution >= 4 is 27.5 Å². The molecule has 0 unspecified atom stereocenters. The van der Waals surface area contributed by atoms with E-state index in [4.69, 9.17) is 11.6 Å². The zero-order valence-electron chi connectivity index (χ0n) is 17.4. The minimum absolute atomic E-state index is 0.0550. The van der Waals surface area contributed by atoms with Crippen LogP contribution in [0.15, 0.2) is 70.6 Å². The van der Waals surface area contributed by atoms with Gasteiger partial charge in [-0.15, -0.1) is 0 Å². The van der Waals surface area contributed by atoms with E-state index in [1.165, 1.54) is 36.7 Å². The number of hydrogen-bond acceptors (Lipinski definition) is 8. The number of benzene rings is 2. The van der Waals surface area contributed by atoms with Crippen molar-refractivity contribution in [2.75, 3.05) is 7.05 Å². The van der Waals surface area contributed by atoms with Gasteiger partial charge in [0.1, 0.15) is 16.4 Å². The number of hydrogen-bond donors (Lipinski definition) is 3. The number of phenols is 2. The Balaban J connectivity index is 1.86. The van der Waals surface area contributed by atoms with Gasteiger partial charge in [0, 0.05) is 31.1 Å². The number of nitrogens with one attached hydrogen (secondary N) is 1. The summed E-state index contributed by atoms with van der Waals surface area (Å²) in [5.41, 5.74) is -0.636. The molecule has 34 heavy (non-hydrogen) atoms. The summed E-state index contributed by atoms with van der Waals surface area (Å²) in [6, 6.07) is 10.7. The molecule has 0 saturated heterocycles. The van der Waals surface area contributed by atoms with Gasteiger partial charge in [-0.25, -0.2) is 27.2 Å². The van der Waals surface area contributed by atoms with Gasteiger partial charge < -0.3 is 10.2 Å². The topological polar surface area (TPSA) is 158 Å². The summed E-state index contributed by atoms with van der Waals surface area (Å²) in [6.07, 6.45) is 2.66. The lowest BCUT2D eigenvalue weighted by Crippen LogP contribution is -2.33. The number of aromatic hydroxyl groups is 2. The Morgan fingerprint density at radius 1 is 1.09 bits per heavy atom. The largest absolute Gasteiger partial charge is 0.507 e. The van der Waals surface area contributed by atoms with E-state index in [1.54, 1.807) is 12.1 Å². The molecule has 2 heterocycles. The first-order chi connectivity index (χ1) is 16.1. The van der Waals surface area contributed by atoms with Crippen LogP contribution in [0.2, 0.25) is 5.02 Å². The van der Waals surface area contributed by atoms with Crippen molar-refractivity contribution in [2.24, 2.45) is 0 Å². The number of carbonyl (C=O) groups is 1. The summed E-state index contributed by atoms with van der Waals surface area (Å²) in [5, 5.41) is 27.1. The minimum atomic E-state index is -4.59. The molecule has 4 aromatic rings. The molecule has 4 rings (SSSR count). The van der Waals surface area contributed by atoms with Crippen molar-refractivity contribution in [3.05, 3.63) is 82.0 Å². The molecular formula is C21H16ClN5O6S. The lowest BCUT2D eigenvalue weighted by molar-refractivity contribution is 0.0883.